The summed E-state index contributed by atoms with van der Waals surface area (Å²) in [6.45, 7) is 2.84. The van der Waals surface area contributed by atoms with Gasteiger partial charge in [0.1, 0.15) is 12.1 Å². The monoisotopic (exact) mass is 349 g/mol. The second-order valence-corrected chi connectivity index (χ2v) is 7.73. The molecule has 0 spiro atoms. The number of rotatable bonds is 7. The van der Waals surface area contributed by atoms with Gasteiger partial charge in [0.25, 0.3) is 0 Å². The van der Waals surface area contributed by atoms with Crippen LogP contribution in [0.25, 0.3) is 10.9 Å². The number of aromatic nitrogens is 2. The molecule has 2 aromatic rings. The Morgan fingerprint density at radius 1 is 1.17 bits per heavy atom. The number of nitrogens with two attached hydrogens (primary N) is 1. The van der Waals surface area contributed by atoms with Crippen LogP contribution >= 0.6 is 0 Å². The molecular formula is C16H23N5O2S. The standard InChI is InChI=1S/C16H23N5O2S/c17-7-1-2-8-20-24(22,23)13-5-6-15-14(11-13)16(19-12-18-15)21-9-3-4-10-21/h5-6,11-12,20H,1-4,7-10,17H2. The van der Waals surface area contributed by atoms with Crippen LogP contribution < -0.4 is 15.4 Å². The summed E-state index contributed by atoms with van der Waals surface area (Å²) in [5.74, 6) is 0.817. The van der Waals surface area contributed by atoms with Crippen LogP contribution in [0.3, 0.4) is 0 Å². The molecule has 1 aromatic carbocycles. The van der Waals surface area contributed by atoms with E-state index in [-0.39, 0.29) is 4.90 Å². The highest BCUT2D eigenvalue weighted by atomic mass is 32.2. The summed E-state index contributed by atoms with van der Waals surface area (Å²) in [4.78, 5) is 11.1. The average molecular weight is 349 g/mol. The molecule has 0 saturated carbocycles. The second kappa shape index (κ2) is 7.42. The molecule has 1 aliphatic rings. The van der Waals surface area contributed by atoms with Gasteiger partial charge in [0.2, 0.25) is 10.0 Å². The molecule has 0 radical (unpaired) electrons. The molecule has 1 aliphatic heterocycles. The van der Waals surface area contributed by atoms with Crippen molar-refractivity contribution in [2.75, 3.05) is 31.1 Å². The summed E-state index contributed by atoms with van der Waals surface area (Å²) in [7, 11) is -3.54. The molecule has 2 heterocycles. The fourth-order valence-electron chi connectivity index (χ4n) is 2.93. The smallest absolute Gasteiger partial charge is 0.240 e. The normalized spacial score (nSPS) is 15.3. The first kappa shape index (κ1) is 17.1. The van der Waals surface area contributed by atoms with Gasteiger partial charge in [0, 0.05) is 25.0 Å². The Morgan fingerprint density at radius 2 is 1.96 bits per heavy atom. The predicted molar refractivity (Wildman–Crippen MR) is 94.5 cm³/mol. The summed E-state index contributed by atoms with van der Waals surface area (Å²) in [6.07, 6.45) is 5.33. The summed E-state index contributed by atoms with van der Waals surface area (Å²) in [5.41, 5.74) is 6.19. The summed E-state index contributed by atoms with van der Waals surface area (Å²) >= 11 is 0. The van der Waals surface area contributed by atoms with Crippen LogP contribution in [-0.4, -0.2) is 44.6 Å². The van der Waals surface area contributed by atoms with Crippen molar-refractivity contribution in [3.63, 3.8) is 0 Å². The van der Waals surface area contributed by atoms with Crippen LogP contribution in [0.2, 0.25) is 0 Å². The Kier molecular flexibility index (Phi) is 5.27. The zero-order chi connectivity index (χ0) is 17.0. The summed E-state index contributed by atoms with van der Waals surface area (Å²) < 4.78 is 27.6. The number of nitrogens with one attached hydrogen (secondary N) is 1. The van der Waals surface area contributed by atoms with Crippen molar-refractivity contribution in [3.05, 3.63) is 24.5 Å². The van der Waals surface area contributed by atoms with Gasteiger partial charge in [-0.15, -0.1) is 0 Å². The van der Waals surface area contributed by atoms with Gasteiger partial charge in [-0.3, -0.25) is 0 Å². The summed E-state index contributed by atoms with van der Waals surface area (Å²) in [6, 6.07) is 5.01. The van der Waals surface area contributed by atoms with Gasteiger partial charge in [-0.2, -0.15) is 0 Å². The molecule has 8 heteroatoms. The average Bonchev–Trinajstić information content (AvgIpc) is 3.12. The molecule has 0 unspecified atom stereocenters. The van der Waals surface area contributed by atoms with E-state index in [0.29, 0.717) is 13.1 Å². The Morgan fingerprint density at radius 3 is 2.71 bits per heavy atom. The minimum absolute atomic E-state index is 0.248. The number of hydrogen-bond acceptors (Lipinski definition) is 6. The molecule has 3 rings (SSSR count). The van der Waals surface area contributed by atoms with Gasteiger partial charge in [-0.05, 0) is 50.4 Å². The summed E-state index contributed by atoms with van der Waals surface area (Å²) in [5, 5.41) is 0.782. The lowest BCUT2D eigenvalue weighted by Gasteiger charge is -2.18. The van der Waals surface area contributed by atoms with Crippen LogP contribution in [0.5, 0.6) is 0 Å². The van der Waals surface area contributed by atoms with E-state index >= 15 is 0 Å². The molecule has 0 atom stereocenters. The van der Waals surface area contributed by atoms with E-state index in [9.17, 15) is 8.42 Å². The van der Waals surface area contributed by atoms with Gasteiger partial charge in [-0.1, -0.05) is 0 Å². The first-order valence-corrected chi connectivity index (χ1v) is 9.79. The maximum absolute atomic E-state index is 12.5. The van der Waals surface area contributed by atoms with E-state index in [4.69, 9.17) is 5.73 Å². The van der Waals surface area contributed by atoms with Gasteiger partial charge in [0.05, 0.1) is 10.4 Å². The van der Waals surface area contributed by atoms with Crippen molar-refractivity contribution in [1.82, 2.24) is 14.7 Å². The lowest BCUT2D eigenvalue weighted by atomic mass is 10.2. The highest BCUT2D eigenvalue weighted by Gasteiger charge is 2.19. The number of sulfonamides is 1. The van der Waals surface area contributed by atoms with Crippen LogP contribution in [0.1, 0.15) is 25.7 Å². The molecule has 24 heavy (non-hydrogen) atoms. The predicted octanol–water partition coefficient (Wildman–Crippen LogP) is 1.25. The van der Waals surface area contributed by atoms with Gasteiger partial charge in [-0.25, -0.2) is 23.1 Å². The Labute approximate surface area is 142 Å². The molecular weight excluding hydrogens is 326 g/mol. The Hall–Kier alpha value is -1.77. The van der Waals surface area contributed by atoms with Crippen LogP contribution in [0, 0.1) is 0 Å². The van der Waals surface area contributed by atoms with Crippen molar-refractivity contribution in [2.24, 2.45) is 5.73 Å². The van der Waals surface area contributed by atoms with E-state index in [2.05, 4.69) is 19.6 Å². The molecule has 0 aliphatic carbocycles. The largest absolute Gasteiger partial charge is 0.356 e. The molecule has 3 N–H and O–H groups in total. The van der Waals surface area contributed by atoms with Crippen molar-refractivity contribution >= 4 is 26.7 Å². The number of nitrogens with zero attached hydrogens (tertiary/aromatic N) is 3. The molecule has 1 fully saturated rings. The van der Waals surface area contributed by atoms with Crippen molar-refractivity contribution in [3.8, 4) is 0 Å². The van der Waals surface area contributed by atoms with Gasteiger partial charge < -0.3 is 10.6 Å². The van der Waals surface area contributed by atoms with Crippen molar-refractivity contribution in [1.29, 1.82) is 0 Å². The molecule has 0 bridgehead atoms. The van der Waals surface area contributed by atoms with E-state index < -0.39 is 10.0 Å². The lowest BCUT2D eigenvalue weighted by Crippen LogP contribution is -2.25. The number of anilines is 1. The van der Waals surface area contributed by atoms with E-state index in [1.54, 1.807) is 18.2 Å². The maximum atomic E-state index is 12.5. The molecule has 1 aromatic heterocycles. The fraction of sp³-hybridized carbons (Fsp3) is 0.500. The van der Waals surface area contributed by atoms with Gasteiger partial charge >= 0.3 is 0 Å². The van der Waals surface area contributed by atoms with E-state index in [0.717, 1.165) is 55.5 Å². The molecule has 130 valence electrons. The highest BCUT2D eigenvalue weighted by molar-refractivity contribution is 7.89. The lowest BCUT2D eigenvalue weighted by molar-refractivity contribution is 0.577. The third-order valence-corrected chi connectivity index (χ3v) is 5.68. The molecule has 0 amide bonds. The Balaban J connectivity index is 1.90. The zero-order valence-corrected chi connectivity index (χ0v) is 14.4. The van der Waals surface area contributed by atoms with Crippen molar-refractivity contribution in [2.45, 2.75) is 30.6 Å². The topological polar surface area (TPSA) is 101 Å². The number of fused-ring (bicyclic) bond motifs is 1. The van der Waals surface area contributed by atoms with Crippen LogP contribution in [0.4, 0.5) is 5.82 Å². The first-order chi connectivity index (χ1) is 11.6. The number of benzene rings is 1. The quantitative estimate of drug-likeness (QED) is 0.730. The fourth-order valence-corrected chi connectivity index (χ4v) is 4.03. The van der Waals surface area contributed by atoms with E-state index in [1.165, 1.54) is 6.33 Å². The first-order valence-electron chi connectivity index (χ1n) is 8.31. The van der Waals surface area contributed by atoms with Crippen molar-refractivity contribution < 1.29 is 8.42 Å². The molecule has 1 saturated heterocycles. The third-order valence-electron chi connectivity index (χ3n) is 4.22. The van der Waals surface area contributed by atoms with E-state index in [1.807, 2.05) is 0 Å². The van der Waals surface area contributed by atoms with Gasteiger partial charge in [0.15, 0.2) is 0 Å². The second-order valence-electron chi connectivity index (χ2n) is 5.96. The van der Waals surface area contributed by atoms with Crippen LogP contribution in [-0.2, 0) is 10.0 Å². The number of hydrogen-bond donors (Lipinski definition) is 2. The Bertz CT molecular complexity index is 803. The highest BCUT2D eigenvalue weighted by Crippen LogP contribution is 2.27. The molecule has 7 nitrogen and oxygen atoms in total. The minimum Gasteiger partial charge on any atom is -0.356 e. The SMILES string of the molecule is NCCCCNS(=O)(=O)c1ccc2ncnc(N3CCCC3)c2c1. The third kappa shape index (κ3) is 3.66. The van der Waals surface area contributed by atoms with Crippen LogP contribution in [0.15, 0.2) is 29.4 Å². The zero-order valence-electron chi connectivity index (χ0n) is 13.6. The number of unbranched alkanes of at least 4 members (excludes halogenated alkanes) is 1. The maximum Gasteiger partial charge on any atom is 0.240 e. The minimum atomic E-state index is -3.54.